The number of anilines is 1. The summed E-state index contributed by atoms with van der Waals surface area (Å²) in [6.45, 7) is 8.41. The van der Waals surface area contributed by atoms with Gasteiger partial charge >= 0.3 is 0 Å². The van der Waals surface area contributed by atoms with Gasteiger partial charge in [0.2, 0.25) is 0 Å². The molecule has 1 aromatic carbocycles. The van der Waals surface area contributed by atoms with E-state index in [1.54, 1.807) is 0 Å². The highest BCUT2D eigenvalue weighted by atomic mass is 16.5. The Morgan fingerprint density at radius 1 is 1.28 bits per heavy atom. The fourth-order valence-corrected chi connectivity index (χ4v) is 1.73. The monoisotopic (exact) mass is 245 g/mol. The van der Waals surface area contributed by atoms with Gasteiger partial charge in [-0.2, -0.15) is 4.98 Å². The Hall–Kier alpha value is -1.84. The zero-order chi connectivity index (χ0) is 13.3. The third-order valence-electron chi connectivity index (χ3n) is 2.67. The smallest absolute Gasteiger partial charge is 0.257 e. The number of nitrogens with two attached hydrogens (primary N) is 1. The number of hydrogen-bond acceptors (Lipinski definition) is 4. The minimum absolute atomic E-state index is 0.151. The summed E-state index contributed by atoms with van der Waals surface area (Å²) in [6.07, 6.45) is 0.796. The van der Waals surface area contributed by atoms with Crippen LogP contribution in [-0.4, -0.2) is 10.1 Å². The maximum atomic E-state index is 5.79. The van der Waals surface area contributed by atoms with Crippen molar-refractivity contribution in [1.29, 1.82) is 0 Å². The standard InChI is InChI=1S/C14H19N3O/c1-9-7-10(5-6-11(9)15)13-16-12(17-18-13)8-14(2,3)4/h5-7H,8,15H2,1-4H3. The quantitative estimate of drug-likeness (QED) is 0.825. The van der Waals surface area contributed by atoms with Crippen molar-refractivity contribution >= 4 is 5.69 Å². The Morgan fingerprint density at radius 2 is 2.00 bits per heavy atom. The van der Waals surface area contributed by atoms with E-state index in [0.29, 0.717) is 5.89 Å². The first-order valence-corrected chi connectivity index (χ1v) is 6.04. The first kappa shape index (κ1) is 12.6. The predicted molar refractivity (Wildman–Crippen MR) is 72.0 cm³/mol. The van der Waals surface area contributed by atoms with Crippen LogP contribution in [0.5, 0.6) is 0 Å². The molecule has 0 saturated heterocycles. The normalized spacial score (nSPS) is 11.8. The first-order chi connectivity index (χ1) is 8.35. The summed E-state index contributed by atoms with van der Waals surface area (Å²) in [5.74, 6) is 1.30. The van der Waals surface area contributed by atoms with Crippen molar-refractivity contribution in [3.63, 3.8) is 0 Å². The molecule has 1 aromatic heterocycles. The molecule has 96 valence electrons. The Morgan fingerprint density at radius 3 is 2.61 bits per heavy atom. The minimum atomic E-state index is 0.151. The van der Waals surface area contributed by atoms with Gasteiger partial charge in [0.15, 0.2) is 5.82 Å². The van der Waals surface area contributed by atoms with Gasteiger partial charge in [0.1, 0.15) is 0 Å². The van der Waals surface area contributed by atoms with Gasteiger partial charge in [-0.1, -0.05) is 25.9 Å². The van der Waals surface area contributed by atoms with Crippen LogP contribution in [0.15, 0.2) is 22.7 Å². The molecule has 0 unspecified atom stereocenters. The highest BCUT2D eigenvalue weighted by Gasteiger charge is 2.17. The number of hydrogen-bond donors (Lipinski definition) is 1. The zero-order valence-corrected chi connectivity index (χ0v) is 11.3. The molecule has 0 bridgehead atoms. The summed E-state index contributed by atoms with van der Waals surface area (Å²) < 4.78 is 5.29. The number of nitrogen functional groups attached to an aromatic ring is 1. The Balaban J connectivity index is 2.26. The lowest BCUT2D eigenvalue weighted by atomic mass is 9.92. The van der Waals surface area contributed by atoms with Crippen molar-refractivity contribution in [3.8, 4) is 11.5 Å². The van der Waals surface area contributed by atoms with Gasteiger partial charge in [-0.15, -0.1) is 0 Å². The Labute approximate surface area is 107 Å². The summed E-state index contributed by atoms with van der Waals surface area (Å²) in [6, 6.07) is 5.72. The molecule has 4 heteroatoms. The van der Waals surface area contributed by atoms with Crippen LogP contribution in [0.25, 0.3) is 11.5 Å². The Bertz CT molecular complexity index is 552. The second-order valence-electron chi connectivity index (χ2n) is 5.82. The molecule has 0 aliphatic carbocycles. The summed E-state index contributed by atoms with van der Waals surface area (Å²) in [4.78, 5) is 4.42. The molecule has 2 aromatic rings. The predicted octanol–water partition coefficient (Wildman–Crippen LogP) is 3.22. The third kappa shape index (κ3) is 2.88. The van der Waals surface area contributed by atoms with Crippen LogP contribution in [-0.2, 0) is 6.42 Å². The fourth-order valence-electron chi connectivity index (χ4n) is 1.73. The van der Waals surface area contributed by atoms with Crippen LogP contribution in [0.3, 0.4) is 0 Å². The molecule has 0 fully saturated rings. The van der Waals surface area contributed by atoms with Crippen molar-refractivity contribution in [1.82, 2.24) is 10.1 Å². The molecular formula is C14H19N3O. The highest BCUT2D eigenvalue weighted by Crippen LogP contribution is 2.24. The third-order valence-corrected chi connectivity index (χ3v) is 2.67. The second-order valence-corrected chi connectivity index (χ2v) is 5.82. The van der Waals surface area contributed by atoms with E-state index in [9.17, 15) is 0 Å². The van der Waals surface area contributed by atoms with Gasteiger partial charge in [0.25, 0.3) is 5.89 Å². The molecule has 18 heavy (non-hydrogen) atoms. The SMILES string of the molecule is Cc1cc(-c2nc(CC(C)(C)C)no2)ccc1N. The maximum absolute atomic E-state index is 5.79. The Kier molecular flexibility index (Phi) is 3.11. The van der Waals surface area contributed by atoms with E-state index >= 15 is 0 Å². The summed E-state index contributed by atoms with van der Waals surface area (Å²) in [7, 11) is 0. The molecule has 0 atom stereocenters. The maximum Gasteiger partial charge on any atom is 0.257 e. The molecule has 4 nitrogen and oxygen atoms in total. The van der Waals surface area contributed by atoms with E-state index in [1.807, 2.05) is 25.1 Å². The van der Waals surface area contributed by atoms with Gasteiger partial charge in [0, 0.05) is 17.7 Å². The largest absolute Gasteiger partial charge is 0.399 e. The van der Waals surface area contributed by atoms with Crippen LogP contribution < -0.4 is 5.73 Å². The van der Waals surface area contributed by atoms with E-state index in [2.05, 4.69) is 30.9 Å². The average molecular weight is 245 g/mol. The molecule has 2 rings (SSSR count). The number of aryl methyl sites for hydroxylation is 1. The van der Waals surface area contributed by atoms with Crippen molar-refractivity contribution in [2.24, 2.45) is 5.41 Å². The minimum Gasteiger partial charge on any atom is -0.399 e. The second kappa shape index (κ2) is 4.44. The molecule has 0 saturated carbocycles. The zero-order valence-electron chi connectivity index (χ0n) is 11.3. The van der Waals surface area contributed by atoms with Crippen LogP contribution in [0.1, 0.15) is 32.2 Å². The van der Waals surface area contributed by atoms with E-state index in [1.165, 1.54) is 0 Å². The van der Waals surface area contributed by atoms with Crippen molar-refractivity contribution in [2.45, 2.75) is 34.1 Å². The molecule has 0 spiro atoms. The lowest BCUT2D eigenvalue weighted by molar-refractivity contribution is 0.374. The summed E-state index contributed by atoms with van der Waals surface area (Å²) >= 11 is 0. The number of rotatable bonds is 2. The number of aromatic nitrogens is 2. The van der Waals surface area contributed by atoms with Crippen LogP contribution in [0.2, 0.25) is 0 Å². The molecule has 2 N–H and O–H groups in total. The van der Waals surface area contributed by atoms with E-state index in [-0.39, 0.29) is 5.41 Å². The summed E-state index contributed by atoms with van der Waals surface area (Å²) in [5, 5.41) is 4.01. The van der Waals surface area contributed by atoms with Crippen molar-refractivity contribution < 1.29 is 4.52 Å². The molecule has 0 amide bonds. The molecule has 0 radical (unpaired) electrons. The lowest BCUT2D eigenvalue weighted by Crippen LogP contribution is -2.10. The van der Waals surface area contributed by atoms with Crippen molar-refractivity contribution in [2.75, 3.05) is 5.73 Å². The van der Waals surface area contributed by atoms with Crippen LogP contribution in [0.4, 0.5) is 5.69 Å². The molecular weight excluding hydrogens is 226 g/mol. The van der Waals surface area contributed by atoms with E-state index < -0.39 is 0 Å². The summed E-state index contributed by atoms with van der Waals surface area (Å²) in [5.41, 5.74) is 8.64. The van der Waals surface area contributed by atoms with E-state index in [4.69, 9.17) is 10.3 Å². The van der Waals surface area contributed by atoms with Gasteiger partial charge in [0.05, 0.1) is 0 Å². The van der Waals surface area contributed by atoms with Gasteiger partial charge < -0.3 is 10.3 Å². The first-order valence-electron chi connectivity index (χ1n) is 6.04. The van der Waals surface area contributed by atoms with Crippen LogP contribution in [0, 0.1) is 12.3 Å². The lowest BCUT2D eigenvalue weighted by Gasteiger charge is -2.14. The van der Waals surface area contributed by atoms with Gasteiger partial charge in [-0.05, 0) is 36.1 Å². The number of nitrogens with zero attached hydrogens (tertiary/aromatic N) is 2. The van der Waals surface area contributed by atoms with Crippen molar-refractivity contribution in [3.05, 3.63) is 29.6 Å². The topological polar surface area (TPSA) is 64.9 Å². The highest BCUT2D eigenvalue weighted by molar-refractivity contribution is 5.60. The molecule has 0 aliphatic rings. The average Bonchev–Trinajstić information content (AvgIpc) is 2.68. The van der Waals surface area contributed by atoms with Gasteiger partial charge in [-0.25, -0.2) is 0 Å². The number of benzene rings is 1. The fraction of sp³-hybridized carbons (Fsp3) is 0.429. The van der Waals surface area contributed by atoms with E-state index in [0.717, 1.165) is 29.1 Å². The van der Waals surface area contributed by atoms with Gasteiger partial charge in [-0.3, -0.25) is 0 Å². The molecule has 0 aliphatic heterocycles. The van der Waals surface area contributed by atoms with Crippen LogP contribution >= 0.6 is 0 Å². The molecule has 1 heterocycles.